The summed E-state index contributed by atoms with van der Waals surface area (Å²) in [7, 11) is 0. The maximum Gasteiger partial charge on any atom is 0.339 e. The van der Waals surface area contributed by atoms with Crippen molar-refractivity contribution in [2.75, 3.05) is 126 Å². The van der Waals surface area contributed by atoms with Gasteiger partial charge in [-0.25, -0.2) is 18.0 Å². The van der Waals surface area contributed by atoms with E-state index in [-0.39, 0.29) is 182 Å². The van der Waals surface area contributed by atoms with E-state index in [4.69, 9.17) is 68.0 Å². The van der Waals surface area contributed by atoms with E-state index in [0.29, 0.717) is 34.4 Å². The van der Waals surface area contributed by atoms with E-state index in [9.17, 15) is 4.79 Å². The van der Waals surface area contributed by atoms with E-state index in [0.717, 1.165) is 56.3 Å². The number of ether oxygens (including phenoxy) is 13. The van der Waals surface area contributed by atoms with Gasteiger partial charge in [-0.2, -0.15) is 13.2 Å². The molecule has 0 spiro atoms. The van der Waals surface area contributed by atoms with Crippen LogP contribution in [0.25, 0.3) is 33.4 Å². The van der Waals surface area contributed by atoms with Crippen LogP contribution in [0.5, 0.6) is 34.5 Å². The first-order valence-corrected chi connectivity index (χ1v) is 43.1. The molecule has 3 fully saturated rings. The molecule has 0 atom stereocenters. The van der Waals surface area contributed by atoms with Gasteiger partial charge in [0.25, 0.3) is 0 Å². The fraction of sp³-hybridized carbons (Fsp3) is 0.536. The van der Waals surface area contributed by atoms with Crippen LogP contribution in [0.15, 0.2) is 121 Å². The Balaban J connectivity index is 0.659. The zero-order valence-corrected chi connectivity index (χ0v) is 69.0. The summed E-state index contributed by atoms with van der Waals surface area (Å²) in [6.07, 6.45) is 35.2. The number of hydrogen-bond donors (Lipinski definition) is 0. The number of esters is 1. The van der Waals surface area contributed by atoms with E-state index in [1.807, 2.05) is 72.8 Å². The summed E-state index contributed by atoms with van der Waals surface area (Å²) in [6.45, 7) is 7.36. The molecule has 7 aromatic carbocycles. The molecule has 10 rings (SSSR count). The van der Waals surface area contributed by atoms with Gasteiger partial charge in [0.2, 0.25) is 23.2 Å². The van der Waals surface area contributed by atoms with Crippen LogP contribution in [0.1, 0.15) is 220 Å². The molecule has 0 saturated heterocycles. The quantitative estimate of drug-likeness (QED) is 0.0155. The molecular formula is C97H122F6O14. The standard InChI is InChI=1S/C97H122F6O14/c1-5-9-12-15-69-18-24-72(25-19-69)75-30-36-78(37-31-75)82-42-45-85(93(101)90(82)98)111-61-55-105-49-51-108-58-64-114-88-67-81(97(104)117-48-8-4)68-89(115-65-59-109-52-50-106-56-62-112-86-46-43-83(91(99)94(86)102)79-38-32-76(33-39-79)73-26-20-70(21-27-73)16-13-10-6-2)96(88)116-66-60-110-54-53-107-57-63-113-87-47-44-84(92(100)95(87)103)80-40-34-77(35-41-80)74-28-22-71(23-29-74)17-14-11-7-3/h4,30-47,67-74H,5-7,9-29,48-66H2,1-3H3. The zero-order valence-electron chi connectivity index (χ0n) is 69.0. The van der Waals surface area contributed by atoms with Gasteiger partial charge in [0, 0.05) is 16.7 Å². The maximum atomic E-state index is 15.5. The summed E-state index contributed by atoms with van der Waals surface area (Å²) in [6, 6.07) is 35.2. The Bertz CT molecular complexity index is 3920. The molecule has 0 amide bonds. The molecule has 3 aliphatic rings. The predicted octanol–water partition coefficient (Wildman–Crippen LogP) is 23.3. The number of rotatable bonds is 53. The first-order valence-electron chi connectivity index (χ1n) is 43.1. The Hall–Kier alpha value is -8.29. The second-order valence-electron chi connectivity index (χ2n) is 31.1. The SMILES string of the molecule is C#CCOC(=O)c1cc(OCCOCCOCCOc2ccc(-c3ccc(C4CCC(CCCCC)CC4)cc3)c(F)c2F)c(OCCOCCOCCOc2ccc(-c3ccc(C4CCC(CCCCC)CC4)cc3)c(F)c2F)c(OCCOCCOCCOc2ccc(-c3ccc(C4CCC(CCCCC)CC4)cc3)c(F)c2F)c1. The van der Waals surface area contributed by atoms with Gasteiger partial charge in [-0.05, 0) is 194 Å². The van der Waals surface area contributed by atoms with Crippen LogP contribution in [0.4, 0.5) is 26.3 Å². The summed E-state index contributed by atoms with van der Waals surface area (Å²) in [4.78, 5) is 13.3. The number of hydrogen-bond acceptors (Lipinski definition) is 14. The van der Waals surface area contributed by atoms with Crippen molar-refractivity contribution in [1.82, 2.24) is 0 Å². The molecule has 0 unspecified atom stereocenters. The highest BCUT2D eigenvalue weighted by Gasteiger charge is 2.28. The number of halogens is 6. The predicted molar refractivity (Wildman–Crippen MR) is 445 cm³/mol. The van der Waals surface area contributed by atoms with E-state index in [1.54, 1.807) is 0 Å². The summed E-state index contributed by atoms with van der Waals surface area (Å²) >= 11 is 0. The molecule has 0 radical (unpaired) electrons. The fourth-order valence-corrected chi connectivity index (χ4v) is 16.3. The summed E-state index contributed by atoms with van der Waals surface area (Å²) < 4.78 is 168. The van der Waals surface area contributed by atoms with Crippen molar-refractivity contribution in [2.45, 2.75) is 193 Å². The Morgan fingerprint density at radius 3 is 0.863 bits per heavy atom. The molecule has 0 bridgehead atoms. The van der Waals surface area contributed by atoms with Crippen molar-refractivity contribution in [3.8, 4) is 80.2 Å². The van der Waals surface area contributed by atoms with Gasteiger partial charge < -0.3 is 61.6 Å². The van der Waals surface area contributed by atoms with Crippen molar-refractivity contribution < 1.29 is 92.7 Å². The average Bonchev–Trinajstić information content (AvgIpc) is 0.816. The first kappa shape index (κ1) is 91.0. The number of carbonyl (C=O) groups excluding carboxylic acids is 1. The van der Waals surface area contributed by atoms with E-state index < -0.39 is 40.9 Å². The van der Waals surface area contributed by atoms with Gasteiger partial charge in [0.1, 0.15) is 39.6 Å². The lowest BCUT2D eigenvalue weighted by Crippen LogP contribution is -2.16. The fourth-order valence-electron chi connectivity index (χ4n) is 16.3. The van der Waals surface area contributed by atoms with Gasteiger partial charge in [0.15, 0.2) is 52.8 Å². The molecule has 0 aliphatic heterocycles. The summed E-state index contributed by atoms with van der Waals surface area (Å²) in [5.74, 6) is -1.15. The van der Waals surface area contributed by atoms with Crippen LogP contribution < -0.4 is 28.4 Å². The van der Waals surface area contributed by atoms with Crippen LogP contribution in [0.3, 0.4) is 0 Å². The highest BCUT2D eigenvalue weighted by molar-refractivity contribution is 5.91. The average molecular weight is 1630 g/mol. The molecule has 117 heavy (non-hydrogen) atoms. The second-order valence-corrected chi connectivity index (χ2v) is 31.1. The van der Waals surface area contributed by atoms with E-state index >= 15 is 26.3 Å². The van der Waals surface area contributed by atoms with Gasteiger partial charge in [-0.1, -0.05) is 177 Å². The maximum absolute atomic E-state index is 15.5. The Morgan fingerprint density at radius 2 is 0.590 bits per heavy atom. The molecule has 0 aromatic heterocycles. The Morgan fingerprint density at radius 1 is 0.325 bits per heavy atom. The minimum absolute atomic E-state index is 0.0282. The molecule has 636 valence electrons. The molecule has 14 nitrogen and oxygen atoms in total. The molecule has 0 N–H and O–H groups in total. The van der Waals surface area contributed by atoms with Crippen LogP contribution in [-0.2, 0) is 33.2 Å². The highest BCUT2D eigenvalue weighted by Crippen LogP contribution is 2.44. The largest absolute Gasteiger partial charge is 0.488 e. The number of unbranched alkanes of at least 4 members (excludes halogenated alkanes) is 6. The minimum atomic E-state index is -1.07. The van der Waals surface area contributed by atoms with E-state index in [2.05, 4.69) is 26.7 Å². The van der Waals surface area contributed by atoms with Crippen LogP contribution in [0, 0.1) is 65.0 Å². The van der Waals surface area contributed by atoms with Crippen molar-refractivity contribution in [2.24, 2.45) is 17.8 Å². The van der Waals surface area contributed by atoms with Crippen LogP contribution in [-0.4, -0.2) is 132 Å². The number of terminal acetylenes is 1. The van der Waals surface area contributed by atoms with Crippen LogP contribution >= 0.6 is 0 Å². The highest BCUT2D eigenvalue weighted by atomic mass is 19.2. The lowest BCUT2D eigenvalue weighted by molar-refractivity contribution is 0.0226. The molecule has 20 heteroatoms. The third-order valence-electron chi connectivity index (χ3n) is 23.0. The number of benzene rings is 7. The van der Waals surface area contributed by atoms with Crippen LogP contribution in [0.2, 0.25) is 0 Å². The molecule has 7 aromatic rings. The first-order chi connectivity index (χ1) is 57.3. The second kappa shape index (κ2) is 50.6. The van der Waals surface area contributed by atoms with Gasteiger partial charge in [-0.15, -0.1) is 6.42 Å². The lowest BCUT2D eigenvalue weighted by atomic mass is 9.77. The third kappa shape index (κ3) is 28.7. The summed E-state index contributed by atoms with van der Waals surface area (Å²) in [5, 5.41) is 0. The Labute approximate surface area is 689 Å². The molecule has 3 saturated carbocycles. The normalized spacial score (nSPS) is 17.5. The minimum Gasteiger partial charge on any atom is -0.488 e. The van der Waals surface area contributed by atoms with Gasteiger partial charge in [0.05, 0.1) is 84.8 Å². The molecule has 0 heterocycles. The van der Waals surface area contributed by atoms with Crippen molar-refractivity contribution in [1.29, 1.82) is 0 Å². The van der Waals surface area contributed by atoms with Crippen molar-refractivity contribution >= 4 is 5.97 Å². The zero-order chi connectivity index (χ0) is 82.2. The molecular weight excluding hydrogens is 1500 g/mol. The third-order valence-corrected chi connectivity index (χ3v) is 23.0. The van der Waals surface area contributed by atoms with E-state index in [1.165, 1.54) is 181 Å². The summed E-state index contributed by atoms with van der Waals surface area (Å²) in [5.41, 5.74) is 6.02. The topological polar surface area (TPSA) is 137 Å². The monoisotopic (exact) mass is 1620 g/mol. The van der Waals surface area contributed by atoms with Gasteiger partial charge >= 0.3 is 5.97 Å². The smallest absolute Gasteiger partial charge is 0.339 e. The Kier molecular flexibility index (Phi) is 39.4. The molecule has 3 aliphatic carbocycles. The van der Waals surface area contributed by atoms with Crippen molar-refractivity contribution in [3.05, 3.63) is 178 Å². The lowest BCUT2D eigenvalue weighted by Gasteiger charge is -2.29. The number of carbonyl (C=O) groups is 1. The van der Waals surface area contributed by atoms with Crippen molar-refractivity contribution in [3.63, 3.8) is 0 Å². The van der Waals surface area contributed by atoms with Gasteiger partial charge in [-0.3, -0.25) is 0 Å².